The number of nitrogens with zero attached hydrogens (tertiary/aromatic N) is 1. The van der Waals surface area contributed by atoms with Gasteiger partial charge in [-0.15, -0.1) is 0 Å². The lowest BCUT2D eigenvalue weighted by Gasteiger charge is -2.29. The summed E-state index contributed by atoms with van der Waals surface area (Å²) in [6, 6.07) is 9.03. The number of amides is 4. The summed E-state index contributed by atoms with van der Waals surface area (Å²) in [4.78, 5) is 52.2. The number of methoxy groups -OCH3 is 1. The van der Waals surface area contributed by atoms with E-state index in [-0.39, 0.29) is 45.5 Å². The van der Waals surface area contributed by atoms with Crippen LogP contribution in [0.4, 0.5) is 5.69 Å². The van der Waals surface area contributed by atoms with Crippen molar-refractivity contribution in [3.05, 3.63) is 63.7 Å². The Morgan fingerprint density at radius 2 is 1.74 bits per heavy atom. The zero-order chi connectivity index (χ0) is 24.2. The SMILES string of the molecule is COCCNC(=O)c1ccc(NC(=O)c2ccc3c(c2)C(=O)N(C2CCCCC2)C3=O)cc1Cl. The Hall–Kier alpha value is -3.23. The summed E-state index contributed by atoms with van der Waals surface area (Å²) >= 11 is 6.24. The van der Waals surface area contributed by atoms with Crippen LogP contribution in [0.25, 0.3) is 0 Å². The summed E-state index contributed by atoms with van der Waals surface area (Å²) in [6.07, 6.45) is 4.76. The van der Waals surface area contributed by atoms with Crippen molar-refractivity contribution < 1.29 is 23.9 Å². The fourth-order valence-electron chi connectivity index (χ4n) is 4.41. The molecule has 1 aliphatic carbocycles. The van der Waals surface area contributed by atoms with Crippen LogP contribution in [0.5, 0.6) is 0 Å². The van der Waals surface area contributed by atoms with E-state index >= 15 is 0 Å². The van der Waals surface area contributed by atoms with E-state index in [0.29, 0.717) is 24.4 Å². The number of hydrogen-bond donors (Lipinski definition) is 2. The summed E-state index contributed by atoms with van der Waals surface area (Å²) in [6.45, 7) is 0.729. The average Bonchev–Trinajstić information content (AvgIpc) is 3.09. The fourth-order valence-corrected chi connectivity index (χ4v) is 4.68. The number of hydrogen-bond acceptors (Lipinski definition) is 5. The maximum atomic E-state index is 13.0. The molecule has 1 heterocycles. The van der Waals surface area contributed by atoms with Gasteiger partial charge in [-0.1, -0.05) is 30.9 Å². The third-order valence-corrected chi connectivity index (χ3v) is 6.50. The molecule has 9 heteroatoms. The molecule has 0 radical (unpaired) electrons. The smallest absolute Gasteiger partial charge is 0.261 e. The summed E-state index contributed by atoms with van der Waals surface area (Å²) in [5.41, 5.74) is 1.52. The van der Waals surface area contributed by atoms with Crippen LogP contribution < -0.4 is 10.6 Å². The number of halogens is 1. The Labute approximate surface area is 202 Å². The van der Waals surface area contributed by atoms with E-state index in [1.165, 1.54) is 42.3 Å². The highest BCUT2D eigenvalue weighted by Crippen LogP contribution is 2.31. The van der Waals surface area contributed by atoms with Gasteiger partial charge >= 0.3 is 0 Å². The molecule has 0 atom stereocenters. The predicted molar refractivity (Wildman–Crippen MR) is 127 cm³/mol. The molecule has 34 heavy (non-hydrogen) atoms. The summed E-state index contributed by atoms with van der Waals surface area (Å²) in [5.74, 6) is -1.42. The zero-order valence-electron chi connectivity index (χ0n) is 18.9. The van der Waals surface area contributed by atoms with Crippen LogP contribution >= 0.6 is 11.6 Å². The lowest BCUT2D eigenvalue weighted by molar-refractivity contribution is 0.0548. The number of ether oxygens (including phenoxy) is 1. The van der Waals surface area contributed by atoms with Crippen molar-refractivity contribution in [1.29, 1.82) is 0 Å². The van der Waals surface area contributed by atoms with Crippen LogP contribution in [0.1, 0.15) is 73.5 Å². The average molecular weight is 484 g/mol. The lowest BCUT2D eigenvalue weighted by atomic mass is 9.94. The number of anilines is 1. The molecule has 4 amide bonds. The van der Waals surface area contributed by atoms with Gasteiger partial charge in [0.15, 0.2) is 0 Å². The molecule has 178 valence electrons. The summed E-state index contributed by atoms with van der Waals surface area (Å²) < 4.78 is 4.90. The van der Waals surface area contributed by atoms with Crippen molar-refractivity contribution in [2.45, 2.75) is 38.1 Å². The standard InChI is InChI=1S/C25H26ClN3O5/c1-34-12-11-27-23(31)19-10-8-16(14-21(19)26)28-22(30)15-7-9-18-20(13-15)25(33)29(24(18)32)17-5-3-2-4-6-17/h7-10,13-14,17H,2-6,11-12H2,1H3,(H,27,31)(H,28,30). The van der Waals surface area contributed by atoms with Crippen LogP contribution in [-0.4, -0.2) is 54.8 Å². The predicted octanol–water partition coefficient (Wildman–Crippen LogP) is 3.90. The maximum Gasteiger partial charge on any atom is 0.261 e. The van der Waals surface area contributed by atoms with E-state index in [1.807, 2.05) is 0 Å². The second-order valence-electron chi connectivity index (χ2n) is 8.43. The largest absolute Gasteiger partial charge is 0.383 e. The van der Waals surface area contributed by atoms with Gasteiger partial charge in [-0.25, -0.2) is 0 Å². The number of benzene rings is 2. The van der Waals surface area contributed by atoms with Gasteiger partial charge in [-0.05, 0) is 49.2 Å². The molecular formula is C25H26ClN3O5. The third kappa shape index (κ3) is 4.83. The first-order valence-corrected chi connectivity index (χ1v) is 11.7. The van der Waals surface area contributed by atoms with E-state index in [1.54, 1.807) is 6.07 Å². The van der Waals surface area contributed by atoms with Crippen molar-refractivity contribution in [3.8, 4) is 0 Å². The van der Waals surface area contributed by atoms with Gasteiger partial charge in [0.05, 0.1) is 28.3 Å². The first-order valence-electron chi connectivity index (χ1n) is 11.3. The van der Waals surface area contributed by atoms with Gasteiger partial charge in [0, 0.05) is 30.9 Å². The molecule has 0 spiro atoms. The second kappa shape index (κ2) is 10.4. The highest BCUT2D eigenvalue weighted by Gasteiger charge is 2.40. The number of nitrogens with one attached hydrogen (secondary N) is 2. The minimum Gasteiger partial charge on any atom is -0.383 e. The fraction of sp³-hybridized carbons (Fsp3) is 0.360. The Morgan fingerprint density at radius 3 is 2.44 bits per heavy atom. The van der Waals surface area contributed by atoms with Crippen molar-refractivity contribution >= 4 is 40.9 Å². The molecule has 4 rings (SSSR count). The minimum absolute atomic E-state index is 0.0780. The van der Waals surface area contributed by atoms with E-state index in [4.69, 9.17) is 16.3 Å². The van der Waals surface area contributed by atoms with Crippen LogP contribution in [0, 0.1) is 0 Å². The second-order valence-corrected chi connectivity index (χ2v) is 8.84. The number of imide groups is 1. The van der Waals surface area contributed by atoms with Crippen LogP contribution in [-0.2, 0) is 4.74 Å². The van der Waals surface area contributed by atoms with E-state index in [9.17, 15) is 19.2 Å². The topological polar surface area (TPSA) is 105 Å². The molecule has 0 saturated heterocycles. The van der Waals surface area contributed by atoms with Crippen molar-refractivity contribution in [2.24, 2.45) is 0 Å². The Bertz CT molecular complexity index is 1140. The molecule has 8 nitrogen and oxygen atoms in total. The van der Waals surface area contributed by atoms with E-state index < -0.39 is 5.91 Å². The molecule has 1 fully saturated rings. The number of rotatable bonds is 7. The maximum absolute atomic E-state index is 13.0. The number of carbonyl (C=O) groups excluding carboxylic acids is 4. The zero-order valence-corrected chi connectivity index (χ0v) is 19.6. The molecule has 0 bridgehead atoms. The van der Waals surface area contributed by atoms with Crippen LogP contribution in [0.3, 0.4) is 0 Å². The normalized spacial score (nSPS) is 15.9. The van der Waals surface area contributed by atoms with E-state index in [0.717, 1.165) is 32.1 Å². The highest BCUT2D eigenvalue weighted by atomic mass is 35.5. The van der Waals surface area contributed by atoms with Gasteiger partial charge < -0.3 is 15.4 Å². The molecule has 2 aromatic rings. The van der Waals surface area contributed by atoms with E-state index in [2.05, 4.69) is 10.6 Å². The number of fused-ring (bicyclic) bond motifs is 1. The molecule has 0 unspecified atom stereocenters. The monoisotopic (exact) mass is 483 g/mol. The van der Waals surface area contributed by atoms with Gasteiger partial charge in [0.1, 0.15) is 0 Å². The highest BCUT2D eigenvalue weighted by molar-refractivity contribution is 6.34. The Morgan fingerprint density at radius 1 is 1.00 bits per heavy atom. The van der Waals surface area contributed by atoms with Crippen LogP contribution in [0.2, 0.25) is 5.02 Å². The van der Waals surface area contributed by atoms with Crippen molar-refractivity contribution in [1.82, 2.24) is 10.2 Å². The van der Waals surface area contributed by atoms with Gasteiger partial charge in [0.2, 0.25) is 0 Å². The molecule has 2 aromatic carbocycles. The van der Waals surface area contributed by atoms with Crippen molar-refractivity contribution in [3.63, 3.8) is 0 Å². The van der Waals surface area contributed by atoms with Gasteiger partial charge in [-0.2, -0.15) is 0 Å². The molecule has 0 aromatic heterocycles. The first-order chi connectivity index (χ1) is 16.4. The minimum atomic E-state index is -0.451. The van der Waals surface area contributed by atoms with Crippen LogP contribution in [0.15, 0.2) is 36.4 Å². The lowest BCUT2D eigenvalue weighted by Crippen LogP contribution is -2.40. The quantitative estimate of drug-likeness (QED) is 0.459. The Kier molecular flexibility index (Phi) is 7.29. The summed E-state index contributed by atoms with van der Waals surface area (Å²) in [7, 11) is 1.54. The molecular weight excluding hydrogens is 458 g/mol. The van der Waals surface area contributed by atoms with Crippen molar-refractivity contribution in [2.75, 3.05) is 25.6 Å². The first kappa shape index (κ1) is 23.9. The molecule has 1 aliphatic heterocycles. The molecule has 2 N–H and O–H groups in total. The van der Waals surface area contributed by atoms with Gasteiger partial charge in [0.25, 0.3) is 23.6 Å². The Balaban J connectivity index is 1.46. The van der Waals surface area contributed by atoms with Gasteiger partial charge in [-0.3, -0.25) is 24.1 Å². The third-order valence-electron chi connectivity index (χ3n) is 6.18. The number of carbonyl (C=O) groups is 4. The summed E-state index contributed by atoms with van der Waals surface area (Å²) in [5, 5.41) is 5.60. The molecule has 2 aliphatic rings. The molecule has 1 saturated carbocycles.